The van der Waals surface area contributed by atoms with Crippen molar-refractivity contribution in [2.75, 3.05) is 0 Å². The van der Waals surface area contributed by atoms with Gasteiger partial charge in [-0.2, -0.15) is 36.5 Å². The molecule has 4 heteroatoms. The van der Waals surface area contributed by atoms with Crippen LogP contribution in [0.25, 0.3) is 0 Å². The summed E-state index contributed by atoms with van der Waals surface area (Å²) in [4.78, 5) is 0. The fraction of sp³-hybridized carbons (Fsp3) is 0.633. The molecule has 0 spiro atoms. The average Bonchev–Trinajstić information content (AvgIpc) is 3.66. The molecule has 53 heavy (non-hydrogen) atoms. The molecule has 5 aliphatic carbocycles. The van der Waals surface area contributed by atoms with Crippen LogP contribution in [-0.4, -0.2) is 0 Å². The largest absolute Gasteiger partial charge is 0 e. The van der Waals surface area contributed by atoms with Gasteiger partial charge in [0.2, 0.25) is 0 Å². The molecule has 0 bridgehead atoms. The summed E-state index contributed by atoms with van der Waals surface area (Å²) < 4.78 is 0. The predicted molar refractivity (Wildman–Crippen MR) is 232 cm³/mol. The monoisotopic (exact) mass is 915 g/mol. The Morgan fingerprint density at radius 3 is 1.15 bits per heavy atom. The van der Waals surface area contributed by atoms with Gasteiger partial charge in [-0.1, -0.05) is 174 Å². The van der Waals surface area contributed by atoms with Crippen LogP contribution in [0.5, 0.6) is 0 Å². The molecule has 0 N–H and O–H groups in total. The standard InChI is InChI=1S/2C20H29.C6H11.3CH3.2ClH.Y.Zr/c2*1-14-12-16-6-5-7-18(19(16)13-14)15-8-10-17(11-9-15)20(2,3)4;1-2-4-6-5-3-1;;;;;;;/h2*8-12,14,16,18-19H,5-7,13H2,1-4H3;1H,2-6H2;3*1H3;2*1H;;/q6*-1;;;;+4/p-2. The van der Waals surface area contributed by atoms with Gasteiger partial charge in [0.1, 0.15) is 0 Å². The van der Waals surface area contributed by atoms with E-state index in [0.717, 1.165) is 47.3 Å². The zero-order valence-corrected chi connectivity index (χ0v) is 42.8. The van der Waals surface area contributed by atoms with Crippen molar-refractivity contribution in [3.05, 3.63) is 112 Å². The maximum Gasteiger partial charge on any atom is 0 e. The molecule has 0 nitrogen and oxygen atoms in total. The maximum absolute atomic E-state index is 4.93. The van der Waals surface area contributed by atoms with Gasteiger partial charge in [-0.15, -0.1) is 0 Å². The van der Waals surface area contributed by atoms with Gasteiger partial charge in [-0.3, -0.25) is 0 Å². The minimum Gasteiger partial charge on any atom is 0 e. The Hall–Kier alpha value is 1.01. The minimum absolute atomic E-state index is 0. The van der Waals surface area contributed by atoms with E-state index in [1.54, 1.807) is 11.1 Å². The molecule has 8 unspecified atom stereocenters. The Morgan fingerprint density at radius 2 is 0.887 bits per heavy atom. The molecule has 8 atom stereocenters. The van der Waals surface area contributed by atoms with Gasteiger partial charge in [0.15, 0.2) is 0 Å². The van der Waals surface area contributed by atoms with Crippen LogP contribution in [0.1, 0.15) is 173 Å². The molecule has 5 saturated carbocycles. The summed E-state index contributed by atoms with van der Waals surface area (Å²) in [6, 6.07) is 19.1. The van der Waals surface area contributed by atoms with Gasteiger partial charge in [0.05, 0.1) is 0 Å². The Labute approximate surface area is 376 Å². The zero-order chi connectivity index (χ0) is 35.6. The van der Waals surface area contributed by atoms with Crippen LogP contribution in [-0.2, 0) is 64.4 Å². The van der Waals surface area contributed by atoms with E-state index in [0.29, 0.717) is 0 Å². The smallest absolute Gasteiger partial charge is 0 e. The first-order chi connectivity index (χ1) is 23.3. The minimum atomic E-state index is -0.826. The first-order valence-corrected chi connectivity index (χ1v) is 26.3. The Morgan fingerprint density at radius 1 is 0.547 bits per heavy atom. The quantitative estimate of drug-likeness (QED) is 0.263. The molecule has 0 heterocycles. The number of halogens is 2. The molecule has 299 valence electrons. The molecule has 0 aromatic heterocycles. The summed E-state index contributed by atoms with van der Waals surface area (Å²) in [5.41, 5.74) is 6.64. The first-order valence-electron chi connectivity index (χ1n) is 20.0. The summed E-state index contributed by atoms with van der Waals surface area (Å²) >= 11 is -0.826. The Bertz CT molecular complexity index is 1110. The van der Waals surface area contributed by atoms with Crippen molar-refractivity contribution >= 4 is 17.0 Å². The van der Waals surface area contributed by atoms with Crippen LogP contribution in [0.15, 0.2) is 48.5 Å². The Kier molecular flexibility index (Phi) is 26.7. The molecular weight excluding hydrogens is 840 g/mol. The van der Waals surface area contributed by atoms with Crippen LogP contribution in [0.3, 0.4) is 0 Å². The number of hydrogen-bond donors (Lipinski definition) is 0. The SMILES string of the molecule is CC1[CH-]C2CCCC(c3ccc(C(C)(C)C)cc3)C2C1.CC1[CH-]C2CCCC(c3ccc(C(C)(C)C)cc3)C2C1.[CH-]1CCCCC1.[CH3-].[CH3-].[CH3-].[Cl][Zr+2][Cl].[Y]. The number of fused-ring (bicyclic) bond motifs is 2. The molecule has 2 aromatic carbocycles. The second kappa shape index (κ2) is 26.2. The van der Waals surface area contributed by atoms with E-state index in [1.165, 1.54) is 94.6 Å². The van der Waals surface area contributed by atoms with Gasteiger partial charge in [-0.05, 0) is 57.8 Å². The summed E-state index contributed by atoms with van der Waals surface area (Å²) in [5.74, 6) is 6.90. The van der Waals surface area contributed by atoms with Crippen molar-refractivity contribution in [2.24, 2.45) is 35.5 Å². The molecule has 0 amide bonds. The first kappa shape index (κ1) is 54.0. The van der Waals surface area contributed by atoms with Crippen LogP contribution in [0.4, 0.5) is 0 Å². The predicted octanol–water partition coefficient (Wildman–Crippen LogP) is 16.3. The second-order valence-corrected chi connectivity index (χ2v) is 22.0. The summed E-state index contributed by atoms with van der Waals surface area (Å²) in [6.45, 7) is 18.6. The van der Waals surface area contributed by atoms with Crippen LogP contribution in [0.2, 0.25) is 0 Å². The van der Waals surface area contributed by atoms with Crippen LogP contribution in [0, 0.1) is 77.0 Å². The fourth-order valence-electron chi connectivity index (χ4n) is 9.80. The zero-order valence-electron chi connectivity index (χ0n) is 36.0. The Balaban J connectivity index is 0.000000781. The summed E-state index contributed by atoms with van der Waals surface area (Å²) in [5, 5.41) is 0. The van der Waals surface area contributed by atoms with Crippen molar-refractivity contribution in [2.45, 2.75) is 162 Å². The molecule has 2 aromatic rings. The van der Waals surface area contributed by atoms with Gasteiger partial charge >= 0.3 is 37.9 Å². The third-order valence-electron chi connectivity index (χ3n) is 12.4. The van der Waals surface area contributed by atoms with E-state index in [4.69, 9.17) is 17.0 Å². The molecule has 5 aliphatic rings. The van der Waals surface area contributed by atoms with Crippen molar-refractivity contribution in [3.8, 4) is 0 Å². The number of benzene rings is 2. The third kappa shape index (κ3) is 16.7. The maximum atomic E-state index is 4.93. The van der Waals surface area contributed by atoms with E-state index < -0.39 is 20.8 Å². The van der Waals surface area contributed by atoms with Gasteiger partial charge in [0.25, 0.3) is 0 Å². The van der Waals surface area contributed by atoms with E-state index in [1.807, 2.05) is 0 Å². The fourth-order valence-corrected chi connectivity index (χ4v) is 9.80. The molecule has 7 rings (SSSR count). The van der Waals surface area contributed by atoms with Gasteiger partial charge in [0, 0.05) is 32.7 Å². The van der Waals surface area contributed by atoms with Crippen LogP contribution >= 0.6 is 17.0 Å². The van der Waals surface area contributed by atoms with E-state index >= 15 is 0 Å². The molecule has 0 aliphatic heterocycles. The third-order valence-corrected chi connectivity index (χ3v) is 12.4. The van der Waals surface area contributed by atoms with E-state index in [2.05, 4.69) is 123 Å². The van der Waals surface area contributed by atoms with Crippen molar-refractivity contribution in [1.29, 1.82) is 0 Å². The normalized spacial score (nSPS) is 28.6. The van der Waals surface area contributed by atoms with Crippen molar-refractivity contribution in [1.82, 2.24) is 0 Å². The summed E-state index contributed by atoms with van der Waals surface area (Å²) in [7, 11) is 9.87. The van der Waals surface area contributed by atoms with E-state index in [9.17, 15) is 0 Å². The van der Waals surface area contributed by atoms with Crippen molar-refractivity contribution < 1.29 is 53.6 Å². The van der Waals surface area contributed by atoms with Crippen LogP contribution < -0.4 is 0 Å². The topological polar surface area (TPSA) is 0 Å². The second-order valence-electron chi connectivity index (χ2n) is 18.3. The molecule has 0 saturated heterocycles. The molecule has 5 fully saturated rings. The van der Waals surface area contributed by atoms with E-state index in [-0.39, 0.29) is 65.8 Å². The average molecular weight is 918 g/mol. The molecule has 1 radical (unpaired) electrons. The number of hydrogen-bond acceptors (Lipinski definition) is 0. The molecular formula is C49H78Cl2YZr-4. The number of rotatable bonds is 2. The van der Waals surface area contributed by atoms with Gasteiger partial charge in [-0.25, -0.2) is 0 Å². The van der Waals surface area contributed by atoms with Gasteiger partial charge < -0.3 is 41.5 Å². The summed E-state index contributed by atoms with van der Waals surface area (Å²) in [6.07, 6.45) is 26.1. The van der Waals surface area contributed by atoms with Crippen molar-refractivity contribution in [3.63, 3.8) is 0 Å².